The molecule has 1 heterocycles. The van der Waals surface area contributed by atoms with Gasteiger partial charge in [0.25, 0.3) is 0 Å². The molecule has 74 valence electrons. The van der Waals surface area contributed by atoms with E-state index in [1.165, 1.54) is 52.0 Å². The molecule has 12 heavy (non-hydrogen) atoms. The van der Waals surface area contributed by atoms with Crippen LogP contribution in [-0.4, -0.2) is 37.6 Å². The molecule has 0 unspecified atom stereocenters. The standard InChI is InChI=1S/C9H20N2.H3N/c1-2-3-4-7-11-8-5-10-6-9-11;/h10H,2-9H2,1H3;1H3. The molecule has 0 amide bonds. The molecule has 0 aromatic carbocycles. The molecule has 1 rings (SSSR count). The Kier molecular flexibility index (Phi) is 7.45. The van der Waals surface area contributed by atoms with Crippen molar-refractivity contribution in [3.05, 3.63) is 0 Å². The minimum Gasteiger partial charge on any atom is -0.344 e. The lowest BCUT2D eigenvalue weighted by Gasteiger charge is -2.26. The summed E-state index contributed by atoms with van der Waals surface area (Å²) in [6.45, 7) is 8.46. The van der Waals surface area contributed by atoms with Crippen molar-refractivity contribution in [1.82, 2.24) is 16.4 Å². The molecule has 1 aliphatic heterocycles. The fourth-order valence-corrected chi connectivity index (χ4v) is 1.52. The second-order valence-electron chi connectivity index (χ2n) is 3.30. The van der Waals surface area contributed by atoms with Crippen molar-refractivity contribution in [1.29, 1.82) is 0 Å². The molecule has 0 aromatic rings. The summed E-state index contributed by atoms with van der Waals surface area (Å²) in [5.74, 6) is 0. The van der Waals surface area contributed by atoms with Crippen LogP contribution in [0.2, 0.25) is 0 Å². The minimum atomic E-state index is 0. The van der Waals surface area contributed by atoms with E-state index in [4.69, 9.17) is 0 Å². The molecule has 1 fully saturated rings. The average molecular weight is 173 g/mol. The molecule has 0 atom stereocenters. The molecular formula is C9H23N3. The van der Waals surface area contributed by atoms with Crippen LogP contribution < -0.4 is 11.5 Å². The van der Waals surface area contributed by atoms with Crippen molar-refractivity contribution in [2.75, 3.05) is 32.7 Å². The third-order valence-corrected chi connectivity index (χ3v) is 2.29. The van der Waals surface area contributed by atoms with Gasteiger partial charge in [0.15, 0.2) is 0 Å². The molecule has 1 saturated heterocycles. The van der Waals surface area contributed by atoms with Crippen molar-refractivity contribution in [2.45, 2.75) is 26.2 Å². The Labute approximate surface area is 76.1 Å². The Morgan fingerprint density at radius 1 is 1.17 bits per heavy atom. The Morgan fingerprint density at radius 2 is 1.83 bits per heavy atom. The molecule has 4 N–H and O–H groups in total. The Bertz CT molecular complexity index is 89.8. The summed E-state index contributed by atoms with van der Waals surface area (Å²) >= 11 is 0. The third-order valence-electron chi connectivity index (χ3n) is 2.29. The first-order valence-corrected chi connectivity index (χ1v) is 4.86. The van der Waals surface area contributed by atoms with Crippen LogP contribution in [0.3, 0.4) is 0 Å². The largest absolute Gasteiger partial charge is 0.344 e. The number of hydrogen-bond donors (Lipinski definition) is 2. The van der Waals surface area contributed by atoms with Gasteiger partial charge in [-0.15, -0.1) is 0 Å². The normalized spacial score (nSPS) is 18.8. The van der Waals surface area contributed by atoms with Crippen molar-refractivity contribution in [2.24, 2.45) is 0 Å². The van der Waals surface area contributed by atoms with Crippen molar-refractivity contribution >= 4 is 0 Å². The van der Waals surface area contributed by atoms with E-state index in [0.717, 1.165) is 0 Å². The highest BCUT2D eigenvalue weighted by atomic mass is 15.2. The lowest BCUT2D eigenvalue weighted by molar-refractivity contribution is 0.236. The number of rotatable bonds is 4. The molecule has 1 aliphatic rings. The summed E-state index contributed by atoms with van der Waals surface area (Å²) in [5.41, 5.74) is 0. The zero-order valence-corrected chi connectivity index (χ0v) is 8.31. The molecule has 0 bridgehead atoms. The summed E-state index contributed by atoms with van der Waals surface area (Å²) in [6, 6.07) is 0. The zero-order valence-electron chi connectivity index (χ0n) is 8.31. The smallest absolute Gasteiger partial charge is 0.0107 e. The maximum absolute atomic E-state index is 3.36. The summed E-state index contributed by atoms with van der Waals surface area (Å²) < 4.78 is 0. The van der Waals surface area contributed by atoms with Gasteiger partial charge < -0.3 is 16.4 Å². The van der Waals surface area contributed by atoms with Crippen LogP contribution in [0.15, 0.2) is 0 Å². The lowest BCUT2D eigenvalue weighted by Crippen LogP contribution is -2.43. The number of piperazine rings is 1. The molecule has 3 nitrogen and oxygen atoms in total. The summed E-state index contributed by atoms with van der Waals surface area (Å²) in [5, 5.41) is 3.36. The predicted octanol–water partition coefficient (Wildman–Crippen LogP) is 1.24. The first kappa shape index (κ1) is 11.9. The first-order valence-electron chi connectivity index (χ1n) is 4.86. The predicted molar refractivity (Wildman–Crippen MR) is 53.9 cm³/mol. The van der Waals surface area contributed by atoms with Crippen LogP contribution in [0.5, 0.6) is 0 Å². The number of nitrogens with zero attached hydrogens (tertiary/aromatic N) is 1. The molecule has 0 spiro atoms. The highest BCUT2D eigenvalue weighted by Crippen LogP contribution is 1.98. The van der Waals surface area contributed by atoms with Gasteiger partial charge >= 0.3 is 0 Å². The van der Waals surface area contributed by atoms with E-state index < -0.39 is 0 Å². The highest BCUT2D eigenvalue weighted by Gasteiger charge is 2.07. The minimum absolute atomic E-state index is 0. The zero-order chi connectivity index (χ0) is 7.94. The van der Waals surface area contributed by atoms with Crippen molar-refractivity contribution in [3.8, 4) is 0 Å². The summed E-state index contributed by atoms with van der Waals surface area (Å²) in [6.07, 6.45) is 4.12. The fourth-order valence-electron chi connectivity index (χ4n) is 1.52. The van der Waals surface area contributed by atoms with Crippen molar-refractivity contribution < 1.29 is 0 Å². The first-order chi connectivity index (χ1) is 5.43. The molecular weight excluding hydrogens is 150 g/mol. The van der Waals surface area contributed by atoms with E-state index in [-0.39, 0.29) is 6.15 Å². The van der Waals surface area contributed by atoms with Crippen LogP contribution >= 0.6 is 0 Å². The third kappa shape index (κ3) is 4.70. The number of unbranched alkanes of at least 4 members (excludes halogenated alkanes) is 2. The van der Waals surface area contributed by atoms with Gasteiger partial charge in [-0.05, 0) is 13.0 Å². The van der Waals surface area contributed by atoms with E-state index in [0.29, 0.717) is 0 Å². The number of hydrogen-bond acceptors (Lipinski definition) is 3. The second-order valence-corrected chi connectivity index (χ2v) is 3.30. The van der Waals surface area contributed by atoms with Crippen LogP contribution in [-0.2, 0) is 0 Å². The molecule has 0 aromatic heterocycles. The van der Waals surface area contributed by atoms with Crippen LogP contribution in [0.25, 0.3) is 0 Å². The molecule has 0 aliphatic carbocycles. The Balaban J connectivity index is 0.00000121. The van der Waals surface area contributed by atoms with E-state index in [1.807, 2.05) is 0 Å². The van der Waals surface area contributed by atoms with E-state index >= 15 is 0 Å². The van der Waals surface area contributed by atoms with E-state index in [2.05, 4.69) is 17.1 Å². The van der Waals surface area contributed by atoms with Crippen LogP contribution in [0.1, 0.15) is 26.2 Å². The van der Waals surface area contributed by atoms with Gasteiger partial charge in [-0.25, -0.2) is 0 Å². The van der Waals surface area contributed by atoms with Crippen molar-refractivity contribution in [3.63, 3.8) is 0 Å². The van der Waals surface area contributed by atoms with Gasteiger partial charge in [0, 0.05) is 26.2 Å². The Morgan fingerprint density at radius 3 is 2.42 bits per heavy atom. The van der Waals surface area contributed by atoms with Gasteiger partial charge in [0.1, 0.15) is 0 Å². The summed E-state index contributed by atoms with van der Waals surface area (Å²) in [4.78, 5) is 2.56. The number of nitrogens with one attached hydrogen (secondary N) is 1. The van der Waals surface area contributed by atoms with Crippen LogP contribution in [0, 0.1) is 0 Å². The van der Waals surface area contributed by atoms with Gasteiger partial charge in [0.05, 0.1) is 0 Å². The van der Waals surface area contributed by atoms with E-state index in [9.17, 15) is 0 Å². The van der Waals surface area contributed by atoms with Gasteiger partial charge in [0.2, 0.25) is 0 Å². The average Bonchev–Trinajstić information content (AvgIpc) is 2.07. The maximum Gasteiger partial charge on any atom is 0.0107 e. The topological polar surface area (TPSA) is 50.3 Å². The van der Waals surface area contributed by atoms with Gasteiger partial charge in [-0.2, -0.15) is 0 Å². The fraction of sp³-hybridized carbons (Fsp3) is 1.00. The molecule has 0 saturated carbocycles. The molecule has 3 heteroatoms. The maximum atomic E-state index is 3.36. The van der Waals surface area contributed by atoms with Gasteiger partial charge in [-0.1, -0.05) is 19.8 Å². The Hall–Kier alpha value is -0.120. The molecule has 0 radical (unpaired) electrons. The lowest BCUT2D eigenvalue weighted by atomic mass is 10.2. The highest BCUT2D eigenvalue weighted by molar-refractivity contribution is 4.66. The second kappa shape index (κ2) is 7.53. The van der Waals surface area contributed by atoms with Crippen LogP contribution in [0.4, 0.5) is 0 Å². The summed E-state index contributed by atoms with van der Waals surface area (Å²) in [7, 11) is 0. The van der Waals surface area contributed by atoms with E-state index in [1.54, 1.807) is 0 Å². The quantitative estimate of drug-likeness (QED) is 0.629. The van der Waals surface area contributed by atoms with Gasteiger partial charge in [-0.3, -0.25) is 0 Å². The monoisotopic (exact) mass is 173 g/mol. The SMILES string of the molecule is CCCCCN1CCNCC1.N.